The van der Waals surface area contributed by atoms with Gasteiger partial charge in [0.05, 0.1) is 16.2 Å². The molecule has 304 valence electrons. The van der Waals surface area contributed by atoms with Gasteiger partial charge in [-0.1, -0.05) is 78.0 Å². The summed E-state index contributed by atoms with van der Waals surface area (Å²) >= 11 is 0. The topological polar surface area (TPSA) is 88.1 Å². The summed E-state index contributed by atoms with van der Waals surface area (Å²) < 4.78 is 11.5. The molecule has 1 unspecified atom stereocenters. The lowest BCUT2D eigenvalue weighted by Gasteiger charge is -2.39. The fraction of sp³-hybridized carbons (Fsp3) is 0.844. The minimum absolute atomic E-state index is 0.0476. The second-order valence-corrected chi connectivity index (χ2v) is 18.9. The summed E-state index contributed by atoms with van der Waals surface area (Å²) in [7, 11) is 0. The predicted molar refractivity (Wildman–Crippen MR) is 216 cm³/mol. The smallest absolute Gasteiger partial charge is 0.347 e. The third-order valence-electron chi connectivity index (χ3n) is 11.8. The maximum atomic E-state index is 12.2. The van der Waals surface area contributed by atoms with Crippen molar-refractivity contribution >= 4 is 17.9 Å². The molecule has 0 aromatic heterocycles. The Labute approximate surface area is 320 Å². The van der Waals surface area contributed by atoms with E-state index in [0.29, 0.717) is 5.92 Å². The number of ether oxygens (including phenoxy) is 2. The van der Waals surface area contributed by atoms with Crippen LogP contribution >= 0.6 is 0 Å². The zero-order chi connectivity index (χ0) is 40.6. The number of hydrogen-bond donors (Lipinski definition) is 0. The summed E-state index contributed by atoms with van der Waals surface area (Å²) in [4.78, 5) is 46.4. The molecule has 2 fully saturated rings. The van der Waals surface area contributed by atoms with Gasteiger partial charge >= 0.3 is 17.9 Å². The third-order valence-corrected chi connectivity index (χ3v) is 11.8. The van der Waals surface area contributed by atoms with Gasteiger partial charge in [-0.05, 0) is 159 Å². The fourth-order valence-electron chi connectivity index (χ4n) is 5.68. The van der Waals surface area contributed by atoms with Crippen molar-refractivity contribution in [2.24, 2.45) is 28.1 Å². The molecule has 0 N–H and O–H groups in total. The summed E-state index contributed by atoms with van der Waals surface area (Å²) in [6.45, 7) is 35.9. The molecule has 0 aromatic rings. The molecule has 0 amide bonds. The molecule has 0 aromatic carbocycles. The first-order valence-electron chi connectivity index (χ1n) is 20.4. The maximum Gasteiger partial charge on any atom is 0.347 e. The van der Waals surface area contributed by atoms with Gasteiger partial charge in [0, 0.05) is 0 Å². The van der Waals surface area contributed by atoms with Crippen molar-refractivity contribution in [3.05, 3.63) is 24.3 Å². The zero-order valence-electron chi connectivity index (χ0n) is 36.8. The van der Waals surface area contributed by atoms with Crippen molar-refractivity contribution in [3.63, 3.8) is 0 Å². The van der Waals surface area contributed by atoms with E-state index < -0.39 is 16.4 Å². The van der Waals surface area contributed by atoms with Gasteiger partial charge < -0.3 is 9.47 Å². The highest BCUT2D eigenvalue weighted by Gasteiger charge is 2.39. The molecule has 1 atom stereocenters. The lowest BCUT2D eigenvalue weighted by molar-refractivity contribution is -0.340. The number of rotatable bonds is 15. The molecule has 2 rings (SSSR count). The first kappa shape index (κ1) is 49.9. The number of carbonyl (C=O) groups is 3. The van der Waals surface area contributed by atoms with Crippen LogP contribution < -0.4 is 0 Å². The van der Waals surface area contributed by atoms with Crippen LogP contribution in [0.1, 0.15) is 201 Å². The molecule has 2 saturated carbocycles. The molecular formula is C45H82O7. The molecule has 0 bridgehead atoms. The zero-order valence-corrected chi connectivity index (χ0v) is 36.8. The van der Waals surface area contributed by atoms with Gasteiger partial charge in [0.2, 0.25) is 0 Å². The predicted octanol–water partition coefficient (Wildman–Crippen LogP) is 12.8. The highest BCUT2D eigenvalue weighted by Crippen LogP contribution is 2.39. The van der Waals surface area contributed by atoms with E-state index in [9.17, 15) is 14.4 Å². The van der Waals surface area contributed by atoms with E-state index in [4.69, 9.17) is 19.2 Å². The van der Waals surface area contributed by atoms with Crippen molar-refractivity contribution in [2.75, 3.05) is 0 Å². The second kappa shape index (κ2) is 21.7. The Balaban J connectivity index is 0.000000752. The fourth-order valence-corrected chi connectivity index (χ4v) is 5.68. The minimum atomic E-state index is -0.574. The maximum absolute atomic E-state index is 12.2. The molecule has 52 heavy (non-hydrogen) atoms. The van der Waals surface area contributed by atoms with Crippen LogP contribution in [0, 0.1) is 28.1 Å². The van der Waals surface area contributed by atoms with Crippen LogP contribution in [0.15, 0.2) is 24.3 Å². The number of allylic oxidation sites excluding steroid dienone is 2. The van der Waals surface area contributed by atoms with Crippen LogP contribution in [0.3, 0.4) is 0 Å². The summed E-state index contributed by atoms with van der Waals surface area (Å²) in [6.07, 6.45) is 18.3. The molecule has 0 radical (unpaired) electrons. The van der Waals surface area contributed by atoms with E-state index in [1.165, 1.54) is 37.7 Å². The van der Waals surface area contributed by atoms with E-state index in [1.54, 1.807) is 6.08 Å². The lowest BCUT2D eigenvalue weighted by Crippen LogP contribution is -2.42. The molecule has 2 aliphatic carbocycles. The Hall–Kier alpha value is -2.15. The van der Waals surface area contributed by atoms with Crippen molar-refractivity contribution < 1.29 is 33.6 Å². The SMILES string of the molecule is C=CC(C)(CCC=C(C)C)OC(=O)C(C)(C)CC.CCC(C)(C)C(=O)OC(C)(C)C1CCC(C)CC1.CCC(C)(C)C(=O)OOC1(C)CCCCC1. The molecule has 7 heteroatoms. The number of esters is 2. The average molecular weight is 735 g/mol. The highest BCUT2D eigenvalue weighted by atomic mass is 17.2. The molecule has 0 heterocycles. The van der Waals surface area contributed by atoms with Crippen molar-refractivity contribution in [1.82, 2.24) is 0 Å². The van der Waals surface area contributed by atoms with Gasteiger partial charge in [0.15, 0.2) is 0 Å². The van der Waals surface area contributed by atoms with Gasteiger partial charge in [-0.25, -0.2) is 4.79 Å². The van der Waals surface area contributed by atoms with Gasteiger partial charge in [0.25, 0.3) is 0 Å². The van der Waals surface area contributed by atoms with Gasteiger partial charge in [0.1, 0.15) is 16.8 Å². The quantitative estimate of drug-likeness (QED) is 0.0716. The number of carbonyl (C=O) groups excluding carboxylic acids is 3. The largest absolute Gasteiger partial charge is 0.459 e. The Morgan fingerprint density at radius 3 is 1.58 bits per heavy atom. The van der Waals surface area contributed by atoms with Crippen LogP contribution in [0.2, 0.25) is 0 Å². The molecule has 0 saturated heterocycles. The first-order valence-corrected chi connectivity index (χ1v) is 20.4. The van der Waals surface area contributed by atoms with E-state index in [-0.39, 0.29) is 34.5 Å². The molecular weight excluding hydrogens is 652 g/mol. The van der Waals surface area contributed by atoms with Crippen molar-refractivity contribution in [1.29, 1.82) is 0 Å². The molecule has 7 nitrogen and oxygen atoms in total. The lowest BCUT2D eigenvalue weighted by atomic mass is 9.75. The van der Waals surface area contributed by atoms with Crippen LogP contribution in [-0.2, 0) is 33.6 Å². The molecule has 0 aliphatic heterocycles. The van der Waals surface area contributed by atoms with E-state index in [1.807, 2.05) is 76.2 Å². The summed E-state index contributed by atoms with van der Waals surface area (Å²) in [5.41, 5.74) is -1.12. The van der Waals surface area contributed by atoms with E-state index in [2.05, 4.69) is 47.3 Å². The Morgan fingerprint density at radius 2 is 1.15 bits per heavy atom. The minimum Gasteiger partial charge on any atom is -0.459 e. The van der Waals surface area contributed by atoms with Gasteiger partial charge in [-0.3, -0.25) is 14.5 Å². The molecule has 0 spiro atoms. The van der Waals surface area contributed by atoms with Crippen LogP contribution in [0.5, 0.6) is 0 Å². The Bertz CT molecular complexity index is 1130. The molecule has 2 aliphatic rings. The average Bonchev–Trinajstić information content (AvgIpc) is 3.07. The Kier molecular flexibility index (Phi) is 20.8. The van der Waals surface area contributed by atoms with Gasteiger partial charge in [-0.15, -0.1) is 0 Å². The first-order chi connectivity index (χ1) is 23.7. The summed E-state index contributed by atoms with van der Waals surface area (Å²) in [5, 5.41) is 0. The summed E-state index contributed by atoms with van der Waals surface area (Å²) in [6, 6.07) is 0. The van der Waals surface area contributed by atoms with Crippen molar-refractivity contribution in [3.8, 4) is 0 Å². The normalized spacial score (nSPS) is 20.3. The Morgan fingerprint density at radius 1 is 0.712 bits per heavy atom. The van der Waals surface area contributed by atoms with Crippen LogP contribution in [-0.4, -0.2) is 34.7 Å². The van der Waals surface area contributed by atoms with E-state index >= 15 is 0 Å². The second-order valence-electron chi connectivity index (χ2n) is 18.9. The van der Waals surface area contributed by atoms with Crippen LogP contribution in [0.4, 0.5) is 0 Å². The van der Waals surface area contributed by atoms with E-state index in [0.717, 1.165) is 63.7 Å². The van der Waals surface area contributed by atoms with Gasteiger partial charge in [-0.2, -0.15) is 4.89 Å². The monoisotopic (exact) mass is 735 g/mol. The standard InChI is InChI=1S/C16H30O2.C16H28O2.C13H24O3/c1-7-15(3,4)14(17)18-16(5,6)13-10-8-12(2)9-11-13;1-8-15(5,6)14(17)18-16(7,9-2)12-10-11-13(3)4;1-5-12(2,3)11(14)15-16-13(4)9-7-6-8-10-13/h12-13H,7-11H2,1-6H3;9,11H,2,8,10,12H2,1,3-7H3;5-10H2,1-4H3. The van der Waals surface area contributed by atoms with Crippen molar-refractivity contribution in [2.45, 2.75) is 217 Å². The third kappa shape index (κ3) is 17.8. The number of hydrogen-bond acceptors (Lipinski definition) is 7. The highest BCUT2D eigenvalue weighted by molar-refractivity contribution is 5.77. The van der Waals surface area contributed by atoms with Crippen LogP contribution in [0.25, 0.3) is 0 Å². The summed E-state index contributed by atoms with van der Waals surface area (Å²) in [5.74, 6) is 0.894.